The van der Waals surface area contributed by atoms with Crippen LogP contribution >= 0.6 is 34.7 Å². The third-order valence-corrected chi connectivity index (χ3v) is 7.01. The van der Waals surface area contributed by atoms with Gasteiger partial charge in [-0.05, 0) is 54.6 Å². The van der Waals surface area contributed by atoms with E-state index in [1.807, 2.05) is 61.5 Å². The van der Waals surface area contributed by atoms with E-state index in [9.17, 15) is 4.79 Å². The number of hydrogen-bond acceptors (Lipinski definition) is 5. The Kier molecular flexibility index (Phi) is 6.37. The third-order valence-electron chi connectivity index (χ3n) is 4.60. The molecule has 0 aliphatic carbocycles. The fourth-order valence-corrected chi connectivity index (χ4v) is 5.16. The van der Waals surface area contributed by atoms with Crippen molar-refractivity contribution in [2.75, 3.05) is 10.7 Å². The van der Waals surface area contributed by atoms with Crippen LogP contribution in [0, 0.1) is 6.92 Å². The number of pyridine rings is 1. The summed E-state index contributed by atoms with van der Waals surface area (Å²) in [5.41, 5.74) is 3.29. The highest BCUT2D eigenvalue weighted by molar-refractivity contribution is 7.99. The molecule has 1 amide bonds. The topological polar surface area (TPSA) is 46.1 Å². The molecule has 0 saturated carbocycles. The quantitative estimate of drug-likeness (QED) is 0.308. The Morgan fingerprint density at radius 2 is 2.03 bits per heavy atom. The van der Waals surface area contributed by atoms with Gasteiger partial charge >= 0.3 is 0 Å². The first kappa shape index (κ1) is 20.8. The molecule has 0 unspecified atom stereocenters. The minimum Gasteiger partial charge on any atom is -0.278 e. The summed E-state index contributed by atoms with van der Waals surface area (Å²) < 4.78 is 0.890. The van der Waals surface area contributed by atoms with Crippen molar-refractivity contribution >= 4 is 56.0 Å². The zero-order valence-corrected chi connectivity index (χ0v) is 19.0. The molecule has 0 radical (unpaired) electrons. The molecule has 2 aromatic carbocycles. The van der Waals surface area contributed by atoms with Crippen molar-refractivity contribution in [3.05, 3.63) is 82.6 Å². The second-order valence-corrected chi connectivity index (χ2v) is 9.43. The zero-order valence-electron chi connectivity index (χ0n) is 16.6. The van der Waals surface area contributed by atoms with Crippen molar-refractivity contribution in [2.45, 2.75) is 25.3 Å². The highest BCUT2D eigenvalue weighted by Crippen LogP contribution is 2.36. The summed E-state index contributed by atoms with van der Waals surface area (Å²) in [6.07, 6.45) is 1.73. The third kappa shape index (κ3) is 4.36. The Hall–Kier alpha value is -2.41. The van der Waals surface area contributed by atoms with Gasteiger partial charge in [0.25, 0.3) is 5.91 Å². The van der Waals surface area contributed by atoms with E-state index < -0.39 is 0 Å². The molecular weight excluding hydrogens is 434 g/mol. The highest BCUT2D eigenvalue weighted by Gasteiger charge is 2.23. The van der Waals surface area contributed by atoms with Crippen molar-refractivity contribution < 1.29 is 4.79 Å². The number of thioether (sulfide) groups is 1. The summed E-state index contributed by atoms with van der Waals surface area (Å²) >= 11 is 9.56. The fourth-order valence-electron chi connectivity index (χ4n) is 3.13. The Bertz CT molecular complexity index is 1150. The van der Waals surface area contributed by atoms with Crippen molar-refractivity contribution in [1.29, 1.82) is 0 Å². The van der Waals surface area contributed by atoms with Crippen molar-refractivity contribution in [1.82, 2.24) is 9.97 Å². The molecule has 0 spiro atoms. The predicted octanol–water partition coefficient (Wildman–Crippen LogP) is 6.61. The Labute approximate surface area is 188 Å². The maximum Gasteiger partial charge on any atom is 0.260 e. The van der Waals surface area contributed by atoms with Crippen LogP contribution in [0.1, 0.15) is 28.5 Å². The van der Waals surface area contributed by atoms with Gasteiger partial charge in [0.05, 0.1) is 27.5 Å². The van der Waals surface area contributed by atoms with Gasteiger partial charge in [-0.25, -0.2) is 4.98 Å². The van der Waals surface area contributed by atoms with Gasteiger partial charge in [0.2, 0.25) is 0 Å². The average Bonchev–Trinajstić information content (AvgIpc) is 3.22. The molecule has 0 fully saturated rings. The molecule has 0 aliphatic heterocycles. The number of thiazole rings is 1. The molecule has 0 atom stereocenters. The molecule has 4 rings (SSSR count). The summed E-state index contributed by atoms with van der Waals surface area (Å²) in [5, 5.41) is 1.26. The summed E-state index contributed by atoms with van der Waals surface area (Å²) in [6.45, 7) is 4.43. The van der Waals surface area contributed by atoms with E-state index in [2.05, 4.69) is 11.9 Å². The number of anilines is 1. The van der Waals surface area contributed by atoms with Crippen LogP contribution in [0.2, 0.25) is 5.02 Å². The first-order valence-electron chi connectivity index (χ1n) is 9.57. The lowest BCUT2D eigenvalue weighted by molar-refractivity contribution is 0.0984. The number of carbonyl (C=O) groups is 1. The maximum atomic E-state index is 13.6. The number of halogens is 1. The second-order valence-electron chi connectivity index (χ2n) is 6.71. The van der Waals surface area contributed by atoms with Crippen LogP contribution in [-0.4, -0.2) is 21.6 Å². The fraction of sp³-hybridized carbons (Fsp3) is 0.174. The lowest BCUT2D eigenvalue weighted by Crippen LogP contribution is -2.30. The number of nitrogens with zero attached hydrogens (tertiary/aromatic N) is 3. The SMILES string of the molecule is CCSc1cccc(C(=O)N(Cc2ccccn2)c2nc3c(C)ccc(Cl)c3s2)c1. The molecule has 4 aromatic rings. The molecular formula is C23H20ClN3OS2. The van der Waals surface area contributed by atoms with Gasteiger partial charge < -0.3 is 0 Å². The second kappa shape index (κ2) is 9.16. The summed E-state index contributed by atoms with van der Waals surface area (Å²) in [7, 11) is 0. The average molecular weight is 454 g/mol. The Morgan fingerprint density at radius 1 is 1.17 bits per heavy atom. The lowest BCUT2D eigenvalue weighted by Gasteiger charge is -2.20. The monoisotopic (exact) mass is 453 g/mol. The van der Waals surface area contributed by atoms with Gasteiger partial charge in [0, 0.05) is 16.7 Å². The summed E-state index contributed by atoms with van der Waals surface area (Å²) in [6, 6.07) is 17.2. The standard InChI is InChI=1S/C23H20ClN3OS2/c1-3-29-18-9-6-7-16(13-18)22(28)27(14-17-8-4-5-12-25-17)23-26-20-15(2)10-11-19(24)21(20)30-23/h4-13H,3,14H2,1-2H3. The molecule has 2 heterocycles. The molecule has 152 valence electrons. The van der Waals surface area contributed by atoms with Crippen LogP contribution in [0.25, 0.3) is 10.2 Å². The Morgan fingerprint density at radius 3 is 2.77 bits per heavy atom. The normalized spacial score (nSPS) is 11.0. The minimum absolute atomic E-state index is 0.105. The largest absolute Gasteiger partial charge is 0.278 e. The smallest absolute Gasteiger partial charge is 0.260 e. The molecule has 0 saturated heterocycles. The molecule has 2 aromatic heterocycles. The first-order chi connectivity index (χ1) is 14.6. The van der Waals surface area contributed by atoms with Gasteiger partial charge in [-0.1, -0.05) is 48.1 Å². The number of benzene rings is 2. The first-order valence-corrected chi connectivity index (χ1v) is 11.7. The van der Waals surface area contributed by atoms with E-state index in [4.69, 9.17) is 16.6 Å². The number of amides is 1. The van der Waals surface area contributed by atoms with Crippen LogP contribution in [0.5, 0.6) is 0 Å². The lowest BCUT2D eigenvalue weighted by atomic mass is 10.2. The molecule has 30 heavy (non-hydrogen) atoms. The van der Waals surface area contributed by atoms with Gasteiger partial charge in [-0.3, -0.25) is 14.7 Å². The molecule has 0 N–H and O–H groups in total. The van der Waals surface area contributed by atoms with E-state index in [0.29, 0.717) is 22.3 Å². The van der Waals surface area contributed by atoms with Crippen LogP contribution in [0.15, 0.2) is 65.7 Å². The van der Waals surface area contributed by atoms with Gasteiger partial charge in [0.1, 0.15) is 0 Å². The van der Waals surface area contributed by atoms with Gasteiger partial charge in [-0.15, -0.1) is 11.8 Å². The van der Waals surface area contributed by atoms with Crippen LogP contribution in [0.4, 0.5) is 5.13 Å². The van der Waals surface area contributed by atoms with Crippen molar-refractivity contribution in [3.8, 4) is 0 Å². The summed E-state index contributed by atoms with van der Waals surface area (Å²) in [5.74, 6) is 0.845. The van der Waals surface area contributed by atoms with Crippen LogP contribution < -0.4 is 4.90 Å². The zero-order chi connectivity index (χ0) is 21.1. The number of hydrogen-bond donors (Lipinski definition) is 0. The minimum atomic E-state index is -0.105. The number of aromatic nitrogens is 2. The van der Waals surface area contributed by atoms with Crippen molar-refractivity contribution in [2.24, 2.45) is 0 Å². The Balaban J connectivity index is 1.79. The highest BCUT2D eigenvalue weighted by atomic mass is 35.5. The molecule has 0 bridgehead atoms. The van der Waals surface area contributed by atoms with E-state index >= 15 is 0 Å². The van der Waals surface area contributed by atoms with Gasteiger partial charge in [0.15, 0.2) is 5.13 Å². The van der Waals surface area contributed by atoms with E-state index in [1.54, 1.807) is 22.9 Å². The maximum absolute atomic E-state index is 13.6. The number of aryl methyl sites for hydroxylation is 1. The predicted molar refractivity (Wildman–Crippen MR) is 127 cm³/mol. The number of carbonyl (C=O) groups excluding carboxylic acids is 1. The van der Waals surface area contributed by atoms with E-state index in [1.165, 1.54) is 11.3 Å². The van der Waals surface area contributed by atoms with Crippen LogP contribution in [0.3, 0.4) is 0 Å². The summed E-state index contributed by atoms with van der Waals surface area (Å²) in [4.78, 5) is 25.5. The molecule has 4 nitrogen and oxygen atoms in total. The number of fused-ring (bicyclic) bond motifs is 1. The van der Waals surface area contributed by atoms with Crippen LogP contribution in [-0.2, 0) is 6.54 Å². The van der Waals surface area contributed by atoms with Crippen molar-refractivity contribution in [3.63, 3.8) is 0 Å². The molecule has 0 aliphatic rings. The molecule has 7 heteroatoms. The van der Waals surface area contributed by atoms with Gasteiger partial charge in [-0.2, -0.15) is 0 Å². The van der Waals surface area contributed by atoms with E-state index in [0.717, 1.165) is 32.1 Å². The number of rotatable bonds is 6. The van der Waals surface area contributed by atoms with E-state index in [-0.39, 0.29) is 5.91 Å².